The van der Waals surface area contributed by atoms with Crippen molar-refractivity contribution in [2.24, 2.45) is 0 Å². The smallest absolute Gasteiger partial charge is 0.243 e. The summed E-state index contributed by atoms with van der Waals surface area (Å²) in [6, 6.07) is 1.65. The third-order valence-corrected chi connectivity index (χ3v) is 4.57. The molecule has 0 saturated heterocycles. The molecule has 0 aliphatic heterocycles. The van der Waals surface area contributed by atoms with Crippen LogP contribution in [0, 0.1) is 5.82 Å². The highest BCUT2D eigenvalue weighted by Gasteiger charge is 2.25. The number of nitrogen functional groups attached to an aromatic ring is 1. The molecule has 20 heavy (non-hydrogen) atoms. The Kier molecular flexibility index (Phi) is 6.34. The molecular weight excluding hydrogens is 355 g/mol. The average molecular weight is 371 g/mol. The van der Waals surface area contributed by atoms with Gasteiger partial charge in [0.2, 0.25) is 10.0 Å². The third kappa shape index (κ3) is 4.38. The standard InChI is InChI=1S/C11H16BrFN2O4S/c1-19-6-8(2-3-16)15-20(17,18)10-5-7(14)4-9(12)11(10)13/h4-5,8,15-16H,2-3,6,14H2,1H3. The van der Waals surface area contributed by atoms with Crippen LogP contribution in [0.25, 0.3) is 0 Å². The second kappa shape index (κ2) is 7.32. The first kappa shape index (κ1) is 17.3. The molecule has 0 aliphatic rings. The SMILES string of the molecule is COCC(CCO)NS(=O)(=O)c1cc(N)cc(Br)c1F. The Balaban J connectivity index is 3.10. The Bertz CT molecular complexity index is 562. The van der Waals surface area contributed by atoms with E-state index in [1.165, 1.54) is 13.2 Å². The number of nitrogens with two attached hydrogens (primary N) is 1. The summed E-state index contributed by atoms with van der Waals surface area (Å²) in [7, 11) is -2.71. The highest BCUT2D eigenvalue weighted by molar-refractivity contribution is 9.10. The van der Waals surface area contributed by atoms with Crippen molar-refractivity contribution in [3.05, 3.63) is 22.4 Å². The number of methoxy groups -OCH3 is 1. The summed E-state index contributed by atoms with van der Waals surface area (Å²) in [5.74, 6) is -0.924. The number of aliphatic hydroxyl groups is 1. The molecule has 1 aromatic carbocycles. The molecule has 0 fully saturated rings. The predicted molar refractivity (Wildman–Crippen MR) is 76.2 cm³/mol. The molecule has 0 aromatic heterocycles. The minimum atomic E-state index is -4.11. The molecule has 4 N–H and O–H groups in total. The predicted octanol–water partition coefficient (Wildman–Crippen LogP) is 0.846. The Hall–Kier alpha value is -0.740. The Morgan fingerprint density at radius 1 is 1.55 bits per heavy atom. The largest absolute Gasteiger partial charge is 0.399 e. The molecule has 0 amide bonds. The Morgan fingerprint density at radius 3 is 2.75 bits per heavy atom. The molecule has 0 spiro atoms. The van der Waals surface area contributed by atoms with E-state index < -0.39 is 26.8 Å². The number of hydrogen-bond acceptors (Lipinski definition) is 5. The lowest BCUT2D eigenvalue weighted by molar-refractivity contribution is 0.158. The van der Waals surface area contributed by atoms with E-state index in [1.54, 1.807) is 0 Å². The van der Waals surface area contributed by atoms with Crippen LogP contribution in [0.2, 0.25) is 0 Å². The van der Waals surface area contributed by atoms with Gasteiger partial charge in [-0.05, 0) is 34.5 Å². The monoisotopic (exact) mass is 370 g/mol. The summed E-state index contributed by atoms with van der Waals surface area (Å²) in [5, 5.41) is 8.88. The molecule has 0 radical (unpaired) electrons. The Labute approximate surface area is 125 Å². The maximum absolute atomic E-state index is 13.9. The van der Waals surface area contributed by atoms with Crippen molar-refractivity contribution in [3.8, 4) is 0 Å². The number of ether oxygens (including phenoxy) is 1. The normalized spacial score (nSPS) is 13.4. The Morgan fingerprint density at radius 2 is 2.20 bits per heavy atom. The van der Waals surface area contributed by atoms with Crippen LogP contribution in [0.1, 0.15) is 6.42 Å². The van der Waals surface area contributed by atoms with Gasteiger partial charge in [0.25, 0.3) is 0 Å². The number of halogens is 2. The zero-order chi connectivity index (χ0) is 15.3. The molecular formula is C11H16BrFN2O4S. The van der Waals surface area contributed by atoms with Gasteiger partial charge in [0, 0.05) is 25.4 Å². The summed E-state index contributed by atoms with van der Waals surface area (Å²) >= 11 is 2.91. The van der Waals surface area contributed by atoms with Crippen LogP contribution in [0.15, 0.2) is 21.5 Å². The number of anilines is 1. The summed E-state index contributed by atoms with van der Waals surface area (Å²) < 4.78 is 45.3. The van der Waals surface area contributed by atoms with Gasteiger partial charge < -0.3 is 15.6 Å². The van der Waals surface area contributed by atoms with Crippen LogP contribution in [0.5, 0.6) is 0 Å². The lowest BCUT2D eigenvalue weighted by atomic mass is 10.2. The van der Waals surface area contributed by atoms with Crippen LogP contribution >= 0.6 is 15.9 Å². The molecule has 0 heterocycles. The maximum atomic E-state index is 13.9. The molecule has 6 nitrogen and oxygen atoms in total. The average Bonchev–Trinajstić information content (AvgIpc) is 2.33. The molecule has 1 rings (SSSR count). The van der Waals surface area contributed by atoms with Crippen LogP contribution in [0.3, 0.4) is 0 Å². The van der Waals surface area contributed by atoms with Gasteiger partial charge in [0.05, 0.1) is 11.1 Å². The summed E-state index contributed by atoms with van der Waals surface area (Å²) in [4.78, 5) is -0.552. The van der Waals surface area contributed by atoms with E-state index in [9.17, 15) is 12.8 Å². The van der Waals surface area contributed by atoms with E-state index in [2.05, 4.69) is 20.7 Å². The zero-order valence-corrected chi connectivity index (χ0v) is 13.2. The van der Waals surface area contributed by atoms with Gasteiger partial charge in [-0.15, -0.1) is 0 Å². The molecule has 0 saturated carbocycles. The van der Waals surface area contributed by atoms with Gasteiger partial charge in [-0.2, -0.15) is 0 Å². The quantitative estimate of drug-likeness (QED) is 0.617. The van der Waals surface area contributed by atoms with Gasteiger partial charge in [0.15, 0.2) is 5.82 Å². The minimum Gasteiger partial charge on any atom is -0.399 e. The number of aliphatic hydroxyl groups excluding tert-OH is 1. The van der Waals surface area contributed by atoms with Gasteiger partial charge in [0.1, 0.15) is 4.90 Å². The second-order valence-corrected chi connectivity index (χ2v) is 6.64. The van der Waals surface area contributed by atoms with Crippen LogP contribution < -0.4 is 10.5 Å². The van der Waals surface area contributed by atoms with E-state index in [-0.39, 0.29) is 29.8 Å². The van der Waals surface area contributed by atoms with Crippen molar-refractivity contribution in [2.45, 2.75) is 17.4 Å². The summed E-state index contributed by atoms with van der Waals surface area (Å²) in [5.41, 5.74) is 5.63. The fraction of sp³-hybridized carbons (Fsp3) is 0.455. The van der Waals surface area contributed by atoms with Crippen LogP contribution in [0.4, 0.5) is 10.1 Å². The highest BCUT2D eigenvalue weighted by atomic mass is 79.9. The third-order valence-electron chi connectivity index (χ3n) is 2.47. The fourth-order valence-corrected chi connectivity index (χ4v) is 3.59. The molecule has 114 valence electrons. The van der Waals surface area contributed by atoms with Gasteiger partial charge in [-0.3, -0.25) is 0 Å². The molecule has 0 aliphatic carbocycles. The van der Waals surface area contributed by atoms with E-state index in [0.717, 1.165) is 6.07 Å². The first-order valence-electron chi connectivity index (χ1n) is 5.68. The van der Waals surface area contributed by atoms with Crippen molar-refractivity contribution in [1.82, 2.24) is 4.72 Å². The lowest BCUT2D eigenvalue weighted by Crippen LogP contribution is -2.39. The van der Waals surface area contributed by atoms with Crippen molar-refractivity contribution >= 4 is 31.6 Å². The summed E-state index contributed by atoms with van der Waals surface area (Å²) in [6.45, 7) is -0.162. The number of sulfonamides is 1. The lowest BCUT2D eigenvalue weighted by Gasteiger charge is -2.17. The van der Waals surface area contributed by atoms with Crippen molar-refractivity contribution in [1.29, 1.82) is 0 Å². The van der Waals surface area contributed by atoms with Crippen LogP contribution in [-0.4, -0.2) is 39.9 Å². The van der Waals surface area contributed by atoms with Gasteiger partial charge in [-0.25, -0.2) is 17.5 Å². The first-order chi connectivity index (χ1) is 9.31. The molecule has 1 unspecified atom stereocenters. The van der Waals surface area contributed by atoms with Crippen molar-refractivity contribution < 1.29 is 22.7 Å². The van der Waals surface area contributed by atoms with E-state index in [1.807, 2.05) is 0 Å². The van der Waals surface area contributed by atoms with Gasteiger partial charge in [-0.1, -0.05) is 0 Å². The van der Waals surface area contributed by atoms with E-state index >= 15 is 0 Å². The van der Waals surface area contributed by atoms with E-state index in [4.69, 9.17) is 15.6 Å². The number of rotatable bonds is 7. The number of benzene rings is 1. The maximum Gasteiger partial charge on any atom is 0.243 e. The number of nitrogens with one attached hydrogen (secondary N) is 1. The zero-order valence-electron chi connectivity index (χ0n) is 10.8. The van der Waals surface area contributed by atoms with Crippen molar-refractivity contribution in [3.63, 3.8) is 0 Å². The first-order valence-corrected chi connectivity index (χ1v) is 7.96. The minimum absolute atomic E-state index is 0.0386. The molecule has 1 atom stereocenters. The van der Waals surface area contributed by atoms with Crippen LogP contribution in [-0.2, 0) is 14.8 Å². The fourth-order valence-electron chi connectivity index (χ4n) is 1.60. The molecule has 1 aromatic rings. The number of hydrogen-bond donors (Lipinski definition) is 3. The van der Waals surface area contributed by atoms with Gasteiger partial charge >= 0.3 is 0 Å². The second-order valence-electron chi connectivity index (χ2n) is 4.10. The molecule has 0 bridgehead atoms. The van der Waals surface area contributed by atoms with Crippen molar-refractivity contribution in [2.75, 3.05) is 26.1 Å². The topological polar surface area (TPSA) is 102 Å². The van der Waals surface area contributed by atoms with E-state index in [0.29, 0.717) is 0 Å². The molecule has 9 heteroatoms. The summed E-state index contributed by atoms with van der Waals surface area (Å²) in [6.07, 6.45) is 0.151. The highest BCUT2D eigenvalue weighted by Crippen LogP contribution is 2.26.